The molecule has 0 amide bonds. The van der Waals surface area contributed by atoms with Crippen molar-refractivity contribution in [2.24, 2.45) is 11.8 Å². The van der Waals surface area contributed by atoms with E-state index in [4.69, 9.17) is 0 Å². The molecule has 0 radical (unpaired) electrons. The van der Waals surface area contributed by atoms with Crippen LogP contribution in [0.25, 0.3) is 0 Å². The van der Waals surface area contributed by atoms with Crippen LogP contribution in [0.1, 0.15) is 48.9 Å². The molecule has 0 aliphatic heterocycles. The number of hydrogen-bond donors (Lipinski definition) is 1. The van der Waals surface area contributed by atoms with Gasteiger partial charge in [0, 0.05) is 6.42 Å². The third-order valence-electron chi connectivity index (χ3n) is 3.86. The lowest BCUT2D eigenvalue weighted by atomic mass is 10.0. The third-order valence-corrected chi connectivity index (χ3v) is 4.74. The topological polar surface area (TPSA) is 37.8 Å². The molecule has 0 bridgehead atoms. The van der Waals surface area contributed by atoms with Crippen molar-refractivity contribution in [1.29, 1.82) is 0 Å². The molecule has 1 aromatic heterocycles. The molecule has 1 heterocycles. The molecule has 1 aliphatic rings. The zero-order valence-electron chi connectivity index (χ0n) is 13.0. The van der Waals surface area contributed by atoms with E-state index < -0.39 is 0 Å². The summed E-state index contributed by atoms with van der Waals surface area (Å²) in [6.07, 6.45) is 3.63. The fraction of sp³-hybridized carbons (Fsp3) is 0.529. The number of rotatable bonds is 6. The van der Waals surface area contributed by atoms with Gasteiger partial charge < -0.3 is 5.32 Å². The second-order valence-electron chi connectivity index (χ2n) is 6.47. The zero-order chi connectivity index (χ0) is 14.8. The van der Waals surface area contributed by atoms with Crippen molar-refractivity contribution in [2.75, 3.05) is 5.32 Å². The highest BCUT2D eigenvalue weighted by atomic mass is 32.1. The Kier molecular flexibility index (Phi) is 4.24. The molecule has 1 fully saturated rings. The van der Waals surface area contributed by atoms with Gasteiger partial charge in [-0.15, -0.1) is 10.2 Å². The lowest BCUT2D eigenvalue weighted by Gasteiger charge is -2.18. The highest BCUT2D eigenvalue weighted by molar-refractivity contribution is 7.15. The van der Waals surface area contributed by atoms with E-state index in [1.165, 1.54) is 24.0 Å². The molecule has 1 aromatic carbocycles. The summed E-state index contributed by atoms with van der Waals surface area (Å²) in [5.74, 6) is 1.37. The molecule has 1 atom stereocenters. The van der Waals surface area contributed by atoms with Gasteiger partial charge in [0.05, 0.1) is 6.04 Å². The predicted octanol–water partition coefficient (Wildman–Crippen LogP) is 4.61. The average Bonchev–Trinajstić information content (AvgIpc) is 3.19. The Bertz CT molecular complexity index is 584. The van der Waals surface area contributed by atoms with Crippen molar-refractivity contribution < 1.29 is 0 Å². The Morgan fingerprint density at radius 2 is 1.90 bits per heavy atom. The first-order valence-corrected chi connectivity index (χ1v) is 8.59. The first kappa shape index (κ1) is 14.5. The minimum absolute atomic E-state index is 0.380. The van der Waals surface area contributed by atoms with Crippen LogP contribution < -0.4 is 5.32 Å². The fourth-order valence-corrected chi connectivity index (χ4v) is 3.54. The molecule has 1 N–H and O–H groups in total. The maximum Gasteiger partial charge on any atom is 0.206 e. The van der Waals surface area contributed by atoms with E-state index >= 15 is 0 Å². The van der Waals surface area contributed by atoms with Gasteiger partial charge in [-0.1, -0.05) is 55.0 Å². The van der Waals surface area contributed by atoms with Crippen LogP contribution in [0.15, 0.2) is 24.3 Å². The highest BCUT2D eigenvalue weighted by Crippen LogP contribution is 2.43. The highest BCUT2D eigenvalue weighted by Gasteiger charge is 2.32. The van der Waals surface area contributed by atoms with E-state index in [9.17, 15) is 0 Å². The molecule has 21 heavy (non-hydrogen) atoms. The van der Waals surface area contributed by atoms with Crippen LogP contribution >= 0.6 is 11.3 Å². The third kappa shape index (κ3) is 3.82. The van der Waals surface area contributed by atoms with E-state index in [1.807, 2.05) is 0 Å². The van der Waals surface area contributed by atoms with Crippen LogP contribution in [0.5, 0.6) is 0 Å². The summed E-state index contributed by atoms with van der Waals surface area (Å²) in [5.41, 5.74) is 2.67. The van der Waals surface area contributed by atoms with Gasteiger partial charge in [0.25, 0.3) is 0 Å². The molecular formula is C17H23N3S. The van der Waals surface area contributed by atoms with Gasteiger partial charge in [0.2, 0.25) is 5.13 Å². The van der Waals surface area contributed by atoms with Gasteiger partial charge in [-0.25, -0.2) is 0 Å². The van der Waals surface area contributed by atoms with Crippen molar-refractivity contribution in [3.63, 3.8) is 0 Å². The molecule has 3 nitrogen and oxygen atoms in total. The number of aromatic nitrogens is 2. The van der Waals surface area contributed by atoms with Gasteiger partial charge in [0.15, 0.2) is 0 Å². The first-order chi connectivity index (χ1) is 10.1. The Morgan fingerprint density at radius 3 is 2.52 bits per heavy atom. The van der Waals surface area contributed by atoms with Crippen molar-refractivity contribution in [3.05, 3.63) is 40.4 Å². The minimum atomic E-state index is 0.380. The standard InChI is InChI=1S/C17H23N3S/c1-11(2)10-15-19-20-17(21-15)18-16(14-8-9-14)13-6-4-12(3)5-7-13/h4-7,11,14,16H,8-10H2,1-3H3,(H,18,20). The smallest absolute Gasteiger partial charge is 0.206 e. The summed E-state index contributed by atoms with van der Waals surface area (Å²) in [6, 6.07) is 9.24. The van der Waals surface area contributed by atoms with Gasteiger partial charge >= 0.3 is 0 Å². The molecule has 1 unspecified atom stereocenters. The lowest BCUT2D eigenvalue weighted by molar-refractivity contribution is 0.639. The summed E-state index contributed by atoms with van der Waals surface area (Å²) in [7, 11) is 0. The van der Waals surface area contributed by atoms with E-state index in [0.29, 0.717) is 12.0 Å². The van der Waals surface area contributed by atoms with Crippen molar-refractivity contribution in [2.45, 2.75) is 46.1 Å². The number of benzene rings is 1. The fourth-order valence-electron chi connectivity index (χ4n) is 2.55. The van der Waals surface area contributed by atoms with Crippen LogP contribution in [0.4, 0.5) is 5.13 Å². The van der Waals surface area contributed by atoms with Crippen LogP contribution in [-0.2, 0) is 6.42 Å². The van der Waals surface area contributed by atoms with Gasteiger partial charge in [-0.05, 0) is 37.2 Å². The largest absolute Gasteiger partial charge is 0.353 e. The van der Waals surface area contributed by atoms with E-state index in [1.54, 1.807) is 11.3 Å². The average molecular weight is 301 g/mol. The molecule has 2 aromatic rings. The zero-order valence-corrected chi connectivity index (χ0v) is 13.8. The SMILES string of the molecule is Cc1ccc(C(Nc2nnc(CC(C)C)s2)C2CC2)cc1. The molecular weight excluding hydrogens is 278 g/mol. The Hall–Kier alpha value is -1.42. The van der Waals surface area contributed by atoms with Crippen molar-refractivity contribution in [3.8, 4) is 0 Å². The summed E-state index contributed by atoms with van der Waals surface area (Å²) >= 11 is 1.70. The normalized spacial score (nSPS) is 16.2. The molecule has 4 heteroatoms. The van der Waals surface area contributed by atoms with Crippen LogP contribution in [0, 0.1) is 18.8 Å². The summed E-state index contributed by atoms with van der Waals surface area (Å²) in [4.78, 5) is 0. The first-order valence-electron chi connectivity index (χ1n) is 7.77. The molecule has 1 aliphatic carbocycles. The molecule has 3 rings (SSSR count). The summed E-state index contributed by atoms with van der Waals surface area (Å²) in [6.45, 7) is 6.56. The summed E-state index contributed by atoms with van der Waals surface area (Å²) < 4.78 is 0. The molecule has 0 spiro atoms. The molecule has 112 valence electrons. The van der Waals surface area contributed by atoms with Gasteiger partial charge in [0.1, 0.15) is 5.01 Å². The second-order valence-corrected chi connectivity index (χ2v) is 7.53. The molecule has 0 saturated heterocycles. The predicted molar refractivity (Wildman–Crippen MR) is 88.7 cm³/mol. The minimum Gasteiger partial charge on any atom is -0.353 e. The number of nitrogens with one attached hydrogen (secondary N) is 1. The van der Waals surface area contributed by atoms with Gasteiger partial charge in [-0.2, -0.15) is 0 Å². The van der Waals surface area contributed by atoms with Crippen LogP contribution in [0.3, 0.4) is 0 Å². The van der Waals surface area contributed by atoms with E-state index in [2.05, 4.69) is 60.6 Å². The monoisotopic (exact) mass is 301 g/mol. The number of aryl methyl sites for hydroxylation is 1. The Labute approximate surface area is 130 Å². The van der Waals surface area contributed by atoms with Crippen LogP contribution in [-0.4, -0.2) is 10.2 Å². The second kappa shape index (κ2) is 6.14. The number of anilines is 1. The Balaban J connectivity index is 1.73. The number of nitrogens with zero attached hydrogens (tertiary/aromatic N) is 2. The van der Waals surface area contributed by atoms with Crippen LogP contribution in [0.2, 0.25) is 0 Å². The summed E-state index contributed by atoms with van der Waals surface area (Å²) in [5, 5.41) is 14.3. The van der Waals surface area contributed by atoms with Crippen molar-refractivity contribution >= 4 is 16.5 Å². The quantitative estimate of drug-likeness (QED) is 0.846. The maximum absolute atomic E-state index is 4.32. The maximum atomic E-state index is 4.32. The lowest BCUT2D eigenvalue weighted by Crippen LogP contribution is -2.12. The van der Waals surface area contributed by atoms with E-state index in [0.717, 1.165) is 22.5 Å². The van der Waals surface area contributed by atoms with Gasteiger partial charge in [-0.3, -0.25) is 0 Å². The van der Waals surface area contributed by atoms with Crippen molar-refractivity contribution in [1.82, 2.24) is 10.2 Å². The van der Waals surface area contributed by atoms with E-state index in [-0.39, 0.29) is 0 Å². The molecule has 1 saturated carbocycles. The Morgan fingerprint density at radius 1 is 1.19 bits per heavy atom. The number of hydrogen-bond acceptors (Lipinski definition) is 4.